The fourth-order valence-corrected chi connectivity index (χ4v) is 3.39. The van der Waals surface area contributed by atoms with Crippen molar-refractivity contribution in [3.05, 3.63) is 28.8 Å². The van der Waals surface area contributed by atoms with Crippen molar-refractivity contribution in [2.45, 2.75) is 19.3 Å². The zero-order chi connectivity index (χ0) is 15.7. The number of aromatic hydroxyl groups is 1. The molecule has 118 valence electrons. The zero-order valence-electron chi connectivity index (χ0n) is 12.3. The van der Waals surface area contributed by atoms with Crippen LogP contribution in [0.1, 0.15) is 29.6 Å². The number of benzene rings is 1. The third-order valence-electron chi connectivity index (χ3n) is 4.42. The van der Waals surface area contributed by atoms with Gasteiger partial charge in [-0.25, -0.2) is 0 Å². The van der Waals surface area contributed by atoms with E-state index in [2.05, 4.69) is 0 Å². The molecule has 2 aliphatic heterocycles. The number of hydrogen-bond donors (Lipinski definition) is 1. The number of carbonyl (C=O) groups excluding carboxylic acids is 2. The molecule has 1 unspecified atom stereocenters. The van der Waals surface area contributed by atoms with Gasteiger partial charge in [-0.15, -0.1) is 0 Å². The van der Waals surface area contributed by atoms with Crippen molar-refractivity contribution in [1.29, 1.82) is 0 Å². The maximum Gasteiger partial charge on any atom is 0.255 e. The SMILES string of the molecule is O=C(c1cc(O)ccc1Cl)N1CCC(C(=O)N2CCCC2)C1. The average molecular weight is 323 g/mol. The highest BCUT2D eigenvalue weighted by atomic mass is 35.5. The molecule has 22 heavy (non-hydrogen) atoms. The predicted molar refractivity (Wildman–Crippen MR) is 82.9 cm³/mol. The molecule has 3 rings (SSSR count). The van der Waals surface area contributed by atoms with Gasteiger partial charge in [0.1, 0.15) is 5.75 Å². The van der Waals surface area contributed by atoms with Gasteiger partial charge in [-0.3, -0.25) is 9.59 Å². The van der Waals surface area contributed by atoms with Crippen molar-refractivity contribution in [3.63, 3.8) is 0 Å². The number of phenols is 1. The van der Waals surface area contributed by atoms with E-state index in [0.717, 1.165) is 25.9 Å². The molecule has 0 spiro atoms. The maximum atomic E-state index is 12.5. The van der Waals surface area contributed by atoms with E-state index in [-0.39, 0.29) is 29.0 Å². The third kappa shape index (κ3) is 2.90. The molecule has 1 aromatic rings. The number of rotatable bonds is 2. The van der Waals surface area contributed by atoms with Crippen molar-refractivity contribution in [1.82, 2.24) is 9.80 Å². The van der Waals surface area contributed by atoms with Crippen molar-refractivity contribution in [2.24, 2.45) is 5.92 Å². The Hall–Kier alpha value is -1.75. The molecule has 1 atom stereocenters. The Labute approximate surface area is 134 Å². The molecule has 0 radical (unpaired) electrons. The number of halogens is 1. The summed E-state index contributed by atoms with van der Waals surface area (Å²) in [6, 6.07) is 4.33. The highest BCUT2D eigenvalue weighted by molar-refractivity contribution is 6.33. The van der Waals surface area contributed by atoms with Crippen LogP contribution in [0.5, 0.6) is 5.75 Å². The molecule has 0 saturated carbocycles. The molecule has 1 N–H and O–H groups in total. The fourth-order valence-electron chi connectivity index (χ4n) is 3.19. The Morgan fingerprint density at radius 2 is 1.86 bits per heavy atom. The number of phenolic OH excluding ortho intramolecular Hbond substituents is 1. The van der Waals surface area contributed by atoms with E-state index in [1.54, 1.807) is 4.90 Å². The van der Waals surface area contributed by atoms with Gasteiger partial charge in [-0.2, -0.15) is 0 Å². The molecule has 0 aromatic heterocycles. The number of carbonyl (C=O) groups is 2. The molecule has 1 aromatic carbocycles. The predicted octanol–water partition coefficient (Wildman–Crippen LogP) is 2.13. The average Bonchev–Trinajstić information content (AvgIpc) is 3.19. The summed E-state index contributed by atoms with van der Waals surface area (Å²) in [7, 11) is 0. The second-order valence-corrected chi connectivity index (χ2v) is 6.34. The van der Waals surface area contributed by atoms with Crippen LogP contribution in [0.3, 0.4) is 0 Å². The van der Waals surface area contributed by atoms with Gasteiger partial charge in [0.05, 0.1) is 16.5 Å². The first-order valence-corrected chi connectivity index (χ1v) is 8.00. The number of likely N-dealkylation sites (tertiary alicyclic amines) is 2. The topological polar surface area (TPSA) is 60.9 Å². The molecular weight excluding hydrogens is 304 g/mol. The molecule has 6 heteroatoms. The van der Waals surface area contributed by atoms with Crippen molar-refractivity contribution in [2.75, 3.05) is 26.2 Å². The van der Waals surface area contributed by atoms with E-state index in [1.807, 2.05) is 4.90 Å². The molecule has 2 fully saturated rings. The minimum Gasteiger partial charge on any atom is -0.508 e. The van der Waals surface area contributed by atoms with Gasteiger partial charge in [-0.05, 0) is 37.5 Å². The first-order chi connectivity index (χ1) is 10.6. The largest absolute Gasteiger partial charge is 0.508 e. The van der Waals surface area contributed by atoms with Crippen LogP contribution in [0, 0.1) is 5.92 Å². The lowest BCUT2D eigenvalue weighted by atomic mass is 10.1. The first kappa shape index (κ1) is 15.2. The molecule has 2 amide bonds. The molecule has 2 saturated heterocycles. The summed E-state index contributed by atoms with van der Waals surface area (Å²) in [6.07, 6.45) is 2.83. The summed E-state index contributed by atoms with van der Waals surface area (Å²) >= 11 is 6.04. The second-order valence-electron chi connectivity index (χ2n) is 5.93. The Morgan fingerprint density at radius 3 is 2.59 bits per heavy atom. The Balaban J connectivity index is 1.68. The van der Waals surface area contributed by atoms with Gasteiger partial charge in [0, 0.05) is 26.2 Å². The minimum absolute atomic E-state index is 0.0108. The summed E-state index contributed by atoms with van der Waals surface area (Å²) in [6.45, 7) is 2.65. The fraction of sp³-hybridized carbons (Fsp3) is 0.500. The van der Waals surface area contributed by atoms with Crippen LogP contribution in [0.2, 0.25) is 5.02 Å². The molecule has 0 bridgehead atoms. The highest BCUT2D eigenvalue weighted by Gasteiger charge is 2.35. The van der Waals surface area contributed by atoms with Gasteiger partial charge in [0.25, 0.3) is 5.91 Å². The highest BCUT2D eigenvalue weighted by Crippen LogP contribution is 2.27. The standard InChI is InChI=1S/C16H19ClN2O3/c17-14-4-3-12(20)9-13(14)16(22)19-8-5-11(10-19)15(21)18-6-1-2-7-18/h3-4,9,11,20H,1-2,5-8,10H2. The number of amides is 2. The van der Waals surface area contributed by atoms with Crippen LogP contribution in [-0.4, -0.2) is 52.9 Å². The quantitative estimate of drug-likeness (QED) is 0.907. The van der Waals surface area contributed by atoms with Gasteiger partial charge >= 0.3 is 0 Å². The summed E-state index contributed by atoms with van der Waals surface area (Å²) < 4.78 is 0. The van der Waals surface area contributed by atoms with Gasteiger partial charge in [0.2, 0.25) is 5.91 Å². The lowest BCUT2D eigenvalue weighted by Crippen LogP contribution is -2.36. The number of hydrogen-bond acceptors (Lipinski definition) is 3. The van der Waals surface area contributed by atoms with Crippen molar-refractivity contribution < 1.29 is 14.7 Å². The van der Waals surface area contributed by atoms with Crippen LogP contribution in [0.25, 0.3) is 0 Å². The van der Waals surface area contributed by atoms with E-state index < -0.39 is 0 Å². The second kappa shape index (κ2) is 6.16. The van der Waals surface area contributed by atoms with Crippen LogP contribution >= 0.6 is 11.6 Å². The van der Waals surface area contributed by atoms with Gasteiger partial charge < -0.3 is 14.9 Å². The molecule has 5 nitrogen and oxygen atoms in total. The van der Waals surface area contributed by atoms with Crippen molar-refractivity contribution in [3.8, 4) is 5.75 Å². The van der Waals surface area contributed by atoms with E-state index in [4.69, 9.17) is 11.6 Å². The van der Waals surface area contributed by atoms with E-state index >= 15 is 0 Å². The smallest absolute Gasteiger partial charge is 0.255 e. The van der Waals surface area contributed by atoms with Crippen molar-refractivity contribution >= 4 is 23.4 Å². The van der Waals surface area contributed by atoms with Crippen LogP contribution in [-0.2, 0) is 4.79 Å². The van der Waals surface area contributed by atoms with Crippen LogP contribution < -0.4 is 0 Å². The minimum atomic E-state index is -0.224. The van der Waals surface area contributed by atoms with Crippen LogP contribution in [0.4, 0.5) is 0 Å². The van der Waals surface area contributed by atoms with E-state index in [9.17, 15) is 14.7 Å². The summed E-state index contributed by atoms with van der Waals surface area (Å²) in [5, 5.41) is 9.84. The van der Waals surface area contributed by atoms with Gasteiger partial charge in [0.15, 0.2) is 0 Å². The third-order valence-corrected chi connectivity index (χ3v) is 4.75. The lowest BCUT2D eigenvalue weighted by Gasteiger charge is -2.21. The Morgan fingerprint density at radius 1 is 1.14 bits per heavy atom. The Kier molecular flexibility index (Phi) is 4.25. The molecular formula is C16H19ClN2O3. The maximum absolute atomic E-state index is 12.5. The lowest BCUT2D eigenvalue weighted by molar-refractivity contribution is -0.133. The zero-order valence-corrected chi connectivity index (χ0v) is 13.1. The molecule has 2 heterocycles. The Bertz CT molecular complexity index is 599. The first-order valence-electron chi connectivity index (χ1n) is 7.63. The normalized spacial score (nSPS) is 21.4. The van der Waals surface area contributed by atoms with E-state index in [0.29, 0.717) is 24.5 Å². The summed E-state index contributed by atoms with van der Waals surface area (Å²) in [5.74, 6) is -0.165. The van der Waals surface area contributed by atoms with Gasteiger partial charge in [-0.1, -0.05) is 11.6 Å². The monoisotopic (exact) mass is 322 g/mol. The molecule has 2 aliphatic rings. The summed E-state index contributed by atoms with van der Waals surface area (Å²) in [4.78, 5) is 28.5. The van der Waals surface area contributed by atoms with E-state index in [1.165, 1.54) is 18.2 Å². The molecule has 0 aliphatic carbocycles. The van der Waals surface area contributed by atoms with Crippen LogP contribution in [0.15, 0.2) is 18.2 Å². The number of nitrogens with zero attached hydrogens (tertiary/aromatic N) is 2. The summed E-state index contributed by atoms with van der Waals surface area (Å²) in [5.41, 5.74) is 0.288.